The van der Waals surface area contributed by atoms with Gasteiger partial charge in [0.2, 0.25) is 0 Å². The third-order valence-corrected chi connectivity index (χ3v) is 6.72. The lowest BCUT2D eigenvalue weighted by Gasteiger charge is -2.27. The number of hydrogen-bond acceptors (Lipinski definition) is 5. The standard InChI is InChI=1S/C26H19BrCl2N2O5/c1-14-5-3-4-6-21(14)31-25(33)17(24(32)30-26(31)34)9-16-10-18(27)23(22(12-16)35-2)36-13-15-7-8-19(28)20(29)11-15/h3-12H,13H2,1-2H3,(H,30,32,34)/b17-9+. The molecule has 0 spiro atoms. The van der Waals surface area contributed by atoms with Gasteiger partial charge in [-0.05, 0) is 76.0 Å². The SMILES string of the molecule is COc1cc(/C=C2\C(=O)NC(=O)N(c3ccccc3C)C2=O)cc(Br)c1OCc1ccc(Cl)c(Cl)c1. The van der Waals surface area contributed by atoms with Gasteiger partial charge in [0.15, 0.2) is 11.5 Å². The third-order valence-electron chi connectivity index (χ3n) is 5.39. The highest BCUT2D eigenvalue weighted by Gasteiger charge is 2.37. The number of urea groups is 1. The number of nitrogens with one attached hydrogen (secondary N) is 1. The van der Waals surface area contributed by atoms with E-state index in [1.165, 1.54) is 13.2 Å². The van der Waals surface area contributed by atoms with E-state index in [-0.39, 0.29) is 12.2 Å². The Hall–Kier alpha value is -3.33. The van der Waals surface area contributed by atoms with Crippen LogP contribution in [0.2, 0.25) is 10.0 Å². The fraction of sp³-hybridized carbons (Fsp3) is 0.115. The molecule has 3 aromatic rings. The Labute approximate surface area is 225 Å². The van der Waals surface area contributed by atoms with Gasteiger partial charge in [-0.3, -0.25) is 14.9 Å². The molecule has 184 valence electrons. The Bertz CT molecular complexity index is 1420. The van der Waals surface area contributed by atoms with Crippen molar-refractivity contribution < 1.29 is 23.9 Å². The summed E-state index contributed by atoms with van der Waals surface area (Å²) in [5, 5.41) is 3.09. The summed E-state index contributed by atoms with van der Waals surface area (Å²) in [5.41, 5.74) is 2.19. The number of carbonyl (C=O) groups is 3. The highest BCUT2D eigenvalue weighted by molar-refractivity contribution is 9.10. The molecule has 1 aliphatic rings. The number of imide groups is 2. The van der Waals surface area contributed by atoms with Gasteiger partial charge in [-0.2, -0.15) is 0 Å². The number of hydrogen-bond donors (Lipinski definition) is 1. The molecule has 1 fully saturated rings. The van der Waals surface area contributed by atoms with E-state index in [1.807, 2.05) is 0 Å². The number of amides is 4. The summed E-state index contributed by atoms with van der Waals surface area (Å²) in [6.45, 7) is 1.97. The van der Waals surface area contributed by atoms with Gasteiger partial charge in [-0.15, -0.1) is 0 Å². The average Bonchev–Trinajstić information content (AvgIpc) is 2.84. The average molecular weight is 590 g/mol. The van der Waals surface area contributed by atoms with Crippen LogP contribution < -0.4 is 19.7 Å². The second-order valence-corrected chi connectivity index (χ2v) is 9.48. The minimum absolute atomic E-state index is 0.195. The number of ether oxygens (including phenoxy) is 2. The Morgan fingerprint density at radius 3 is 2.47 bits per heavy atom. The van der Waals surface area contributed by atoms with E-state index in [0.29, 0.717) is 42.8 Å². The minimum atomic E-state index is -0.804. The molecule has 36 heavy (non-hydrogen) atoms. The number of benzene rings is 3. The van der Waals surface area contributed by atoms with Crippen LogP contribution in [0.5, 0.6) is 11.5 Å². The fourth-order valence-electron chi connectivity index (χ4n) is 3.61. The van der Waals surface area contributed by atoms with Crippen LogP contribution in [0.1, 0.15) is 16.7 Å². The second-order valence-electron chi connectivity index (χ2n) is 7.82. The van der Waals surface area contributed by atoms with Gasteiger partial charge in [0, 0.05) is 0 Å². The zero-order valence-electron chi connectivity index (χ0n) is 19.1. The highest BCUT2D eigenvalue weighted by atomic mass is 79.9. The van der Waals surface area contributed by atoms with Crippen molar-refractivity contribution in [1.82, 2.24) is 5.32 Å². The van der Waals surface area contributed by atoms with Gasteiger partial charge in [0.1, 0.15) is 12.2 Å². The molecule has 0 bridgehead atoms. The molecule has 1 N–H and O–H groups in total. The predicted octanol–water partition coefficient (Wildman–Crippen LogP) is 6.32. The number of aryl methyl sites for hydroxylation is 1. The topological polar surface area (TPSA) is 84.9 Å². The predicted molar refractivity (Wildman–Crippen MR) is 142 cm³/mol. The first-order valence-corrected chi connectivity index (χ1v) is 12.2. The van der Waals surface area contributed by atoms with Gasteiger partial charge in [-0.1, -0.05) is 47.5 Å². The first kappa shape index (κ1) is 25.8. The van der Waals surface area contributed by atoms with Crippen LogP contribution >= 0.6 is 39.1 Å². The summed E-state index contributed by atoms with van der Waals surface area (Å²) in [5.74, 6) is -0.730. The molecule has 3 aromatic carbocycles. The first-order valence-electron chi connectivity index (χ1n) is 10.6. The van der Waals surface area contributed by atoms with Crippen molar-refractivity contribution in [3.8, 4) is 11.5 Å². The van der Waals surface area contributed by atoms with E-state index in [0.717, 1.165) is 10.5 Å². The molecule has 4 amide bonds. The Morgan fingerprint density at radius 1 is 1.03 bits per heavy atom. The van der Waals surface area contributed by atoms with Crippen LogP contribution in [-0.4, -0.2) is 25.0 Å². The lowest BCUT2D eigenvalue weighted by molar-refractivity contribution is -0.122. The van der Waals surface area contributed by atoms with Crippen LogP contribution in [0.25, 0.3) is 6.08 Å². The Kier molecular flexibility index (Phi) is 7.68. The van der Waals surface area contributed by atoms with Gasteiger partial charge in [-0.25, -0.2) is 9.69 Å². The molecule has 1 aliphatic heterocycles. The lowest BCUT2D eigenvalue weighted by Crippen LogP contribution is -2.54. The maximum atomic E-state index is 13.2. The van der Waals surface area contributed by atoms with Crippen LogP contribution in [0.3, 0.4) is 0 Å². The third kappa shape index (κ3) is 5.26. The summed E-state index contributed by atoms with van der Waals surface area (Å²) in [6.07, 6.45) is 1.39. The van der Waals surface area contributed by atoms with Crippen molar-refractivity contribution in [3.63, 3.8) is 0 Å². The molecule has 0 saturated carbocycles. The molecule has 0 radical (unpaired) electrons. The van der Waals surface area contributed by atoms with Gasteiger partial charge in [0.25, 0.3) is 11.8 Å². The van der Waals surface area contributed by atoms with Crippen molar-refractivity contribution in [2.45, 2.75) is 13.5 Å². The summed E-state index contributed by atoms with van der Waals surface area (Å²) >= 11 is 15.5. The fourth-order valence-corrected chi connectivity index (χ4v) is 4.50. The second kappa shape index (κ2) is 10.7. The Balaban J connectivity index is 1.64. The first-order chi connectivity index (χ1) is 17.2. The number of nitrogens with zero attached hydrogens (tertiary/aromatic N) is 1. The molecule has 1 saturated heterocycles. The minimum Gasteiger partial charge on any atom is -0.493 e. The number of barbiturate groups is 1. The van der Waals surface area contributed by atoms with Gasteiger partial charge >= 0.3 is 6.03 Å². The van der Waals surface area contributed by atoms with Crippen LogP contribution in [0.4, 0.5) is 10.5 Å². The van der Waals surface area contributed by atoms with Crippen molar-refractivity contribution in [2.75, 3.05) is 12.0 Å². The van der Waals surface area contributed by atoms with E-state index in [1.54, 1.807) is 61.5 Å². The van der Waals surface area contributed by atoms with Crippen LogP contribution in [0.15, 0.2) is 64.6 Å². The van der Waals surface area contributed by atoms with Crippen LogP contribution in [-0.2, 0) is 16.2 Å². The zero-order chi connectivity index (χ0) is 26.0. The molecule has 0 atom stereocenters. The lowest BCUT2D eigenvalue weighted by atomic mass is 10.1. The number of halogens is 3. The van der Waals surface area contributed by atoms with E-state index in [9.17, 15) is 14.4 Å². The molecular formula is C26H19BrCl2N2O5. The van der Waals surface area contributed by atoms with Gasteiger partial charge in [0.05, 0.1) is 27.3 Å². The van der Waals surface area contributed by atoms with E-state index in [4.69, 9.17) is 32.7 Å². The molecule has 0 aromatic heterocycles. The number of anilines is 1. The maximum absolute atomic E-state index is 13.2. The van der Waals surface area contributed by atoms with E-state index < -0.39 is 17.8 Å². The number of methoxy groups -OCH3 is 1. The number of rotatable bonds is 6. The molecule has 0 unspecified atom stereocenters. The van der Waals surface area contributed by atoms with E-state index in [2.05, 4.69) is 21.2 Å². The summed E-state index contributed by atoms with van der Waals surface area (Å²) in [4.78, 5) is 39.2. The maximum Gasteiger partial charge on any atom is 0.335 e. The summed E-state index contributed by atoms with van der Waals surface area (Å²) in [7, 11) is 1.47. The number of para-hydroxylation sites is 1. The quantitative estimate of drug-likeness (QED) is 0.269. The monoisotopic (exact) mass is 588 g/mol. The molecular weight excluding hydrogens is 571 g/mol. The largest absolute Gasteiger partial charge is 0.493 e. The highest BCUT2D eigenvalue weighted by Crippen LogP contribution is 2.38. The summed E-state index contributed by atoms with van der Waals surface area (Å²) < 4.78 is 12.0. The molecule has 0 aliphatic carbocycles. The van der Waals surface area contributed by atoms with Crippen molar-refractivity contribution in [3.05, 3.63) is 91.4 Å². The smallest absolute Gasteiger partial charge is 0.335 e. The van der Waals surface area contributed by atoms with Crippen LogP contribution in [0, 0.1) is 6.92 Å². The molecule has 10 heteroatoms. The molecule has 4 rings (SSSR count). The van der Waals surface area contributed by atoms with Crippen molar-refractivity contribution >= 4 is 68.7 Å². The van der Waals surface area contributed by atoms with Crippen molar-refractivity contribution in [1.29, 1.82) is 0 Å². The Morgan fingerprint density at radius 2 is 1.78 bits per heavy atom. The molecule has 7 nitrogen and oxygen atoms in total. The van der Waals surface area contributed by atoms with Gasteiger partial charge < -0.3 is 9.47 Å². The molecule has 1 heterocycles. The number of carbonyl (C=O) groups excluding carboxylic acids is 3. The van der Waals surface area contributed by atoms with Crippen molar-refractivity contribution in [2.24, 2.45) is 0 Å². The van der Waals surface area contributed by atoms with E-state index >= 15 is 0 Å². The summed E-state index contributed by atoms with van der Waals surface area (Å²) in [6, 6.07) is 14.6. The zero-order valence-corrected chi connectivity index (χ0v) is 22.2. The normalized spacial score (nSPS) is 14.8.